The van der Waals surface area contributed by atoms with Gasteiger partial charge in [0, 0.05) is 11.1 Å². The van der Waals surface area contributed by atoms with Crippen molar-refractivity contribution >= 4 is 34.5 Å². The molecular weight excluding hydrogens is 316 g/mol. The number of rotatable bonds is 6. The van der Waals surface area contributed by atoms with Gasteiger partial charge in [-0.15, -0.1) is 11.3 Å². The number of aromatic nitrogens is 1. The van der Waals surface area contributed by atoms with Gasteiger partial charge in [-0.3, -0.25) is 9.59 Å². The molecule has 7 heteroatoms. The number of aryl methyl sites for hydroxylation is 1. The molecule has 23 heavy (non-hydrogen) atoms. The molecule has 0 aliphatic carbocycles. The molecule has 2 aromatic heterocycles. The van der Waals surface area contributed by atoms with Gasteiger partial charge >= 0.3 is 5.97 Å². The van der Waals surface area contributed by atoms with Crippen LogP contribution in [-0.4, -0.2) is 29.3 Å². The molecule has 0 atom stereocenters. The van der Waals surface area contributed by atoms with Crippen LogP contribution in [0.1, 0.15) is 38.2 Å². The fourth-order valence-electron chi connectivity index (χ4n) is 2.16. The zero-order valence-corrected chi connectivity index (χ0v) is 14.0. The van der Waals surface area contributed by atoms with Crippen molar-refractivity contribution in [2.45, 2.75) is 27.3 Å². The molecule has 0 aromatic carbocycles. The van der Waals surface area contributed by atoms with Gasteiger partial charge in [-0.25, -0.2) is 4.79 Å². The molecule has 0 aliphatic heterocycles. The molecule has 0 aliphatic rings. The van der Waals surface area contributed by atoms with Crippen LogP contribution in [0.3, 0.4) is 0 Å². The van der Waals surface area contributed by atoms with Crippen molar-refractivity contribution in [1.29, 1.82) is 0 Å². The number of hydrogen-bond donors (Lipinski definition) is 1. The summed E-state index contributed by atoms with van der Waals surface area (Å²) >= 11 is 1.33. The number of carbonyl (C=O) groups excluding carboxylic acids is 3. The summed E-state index contributed by atoms with van der Waals surface area (Å²) < 4.78 is 6.59. The highest BCUT2D eigenvalue weighted by Gasteiger charge is 2.22. The van der Waals surface area contributed by atoms with E-state index in [2.05, 4.69) is 5.32 Å². The van der Waals surface area contributed by atoms with Gasteiger partial charge in [0.05, 0.1) is 17.9 Å². The molecule has 0 bridgehead atoms. The second kappa shape index (κ2) is 7.23. The Morgan fingerprint density at radius 3 is 2.78 bits per heavy atom. The van der Waals surface area contributed by atoms with Crippen LogP contribution in [0.15, 0.2) is 18.3 Å². The third-order valence-corrected chi connectivity index (χ3v) is 4.54. The largest absolute Gasteiger partial charge is 0.462 e. The lowest BCUT2D eigenvalue weighted by Crippen LogP contribution is -2.20. The van der Waals surface area contributed by atoms with Crippen LogP contribution in [0.25, 0.3) is 0 Å². The topological polar surface area (TPSA) is 77.4 Å². The molecule has 0 fully saturated rings. The summed E-state index contributed by atoms with van der Waals surface area (Å²) in [6, 6.07) is 3.32. The second-order valence-electron chi connectivity index (χ2n) is 4.93. The first-order valence-corrected chi connectivity index (χ1v) is 7.96. The summed E-state index contributed by atoms with van der Waals surface area (Å²) in [5.41, 5.74) is 1.62. The van der Waals surface area contributed by atoms with Gasteiger partial charge in [0.1, 0.15) is 11.5 Å². The fraction of sp³-hybridized carbons (Fsp3) is 0.312. The molecule has 0 saturated heterocycles. The molecule has 1 amide bonds. The molecule has 0 unspecified atom stereocenters. The van der Waals surface area contributed by atoms with E-state index in [9.17, 15) is 14.4 Å². The summed E-state index contributed by atoms with van der Waals surface area (Å²) in [5.74, 6) is -0.754. The van der Waals surface area contributed by atoms with Crippen LogP contribution in [0.4, 0.5) is 5.00 Å². The molecule has 6 nitrogen and oxygen atoms in total. The molecule has 2 heterocycles. The molecule has 2 aromatic rings. The maximum atomic E-state index is 12.2. The minimum absolute atomic E-state index is 0.000661. The number of anilines is 1. The molecule has 0 spiro atoms. The molecule has 0 radical (unpaired) electrons. The first kappa shape index (κ1) is 17.0. The predicted octanol–water partition coefficient (Wildman–Crippen LogP) is 2.79. The first-order valence-electron chi connectivity index (χ1n) is 7.15. The van der Waals surface area contributed by atoms with Crippen molar-refractivity contribution < 1.29 is 19.1 Å². The van der Waals surface area contributed by atoms with Gasteiger partial charge in [-0.05, 0) is 38.5 Å². The molecule has 122 valence electrons. The Kier molecular flexibility index (Phi) is 5.33. The van der Waals surface area contributed by atoms with Crippen molar-refractivity contribution in [3.63, 3.8) is 0 Å². The SMILES string of the molecule is CCOC(=O)c1c(NC(=O)Cn2cccc2C=O)sc(C)c1C. The Bertz CT molecular complexity index is 745. The van der Waals surface area contributed by atoms with Gasteiger partial charge in [0.15, 0.2) is 6.29 Å². The first-order chi connectivity index (χ1) is 11.0. The summed E-state index contributed by atoms with van der Waals surface area (Å²) in [6.07, 6.45) is 2.34. The number of amides is 1. The van der Waals surface area contributed by atoms with Crippen LogP contribution in [0.5, 0.6) is 0 Å². The highest BCUT2D eigenvalue weighted by molar-refractivity contribution is 7.16. The standard InChI is InChI=1S/C16H18N2O4S/c1-4-22-16(21)14-10(2)11(3)23-15(14)17-13(20)8-18-7-5-6-12(18)9-19/h5-7,9H,4,8H2,1-3H3,(H,17,20). The Labute approximate surface area is 138 Å². The fourth-order valence-corrected chi connectivity index (χ4v) is 3.23. The molecule has 1 N–H and O–H groups in total. The van der Waals surface area contributed by atoms with E-state index in [-0.39, 0.29) is 19.1 Å². The molecule has 2 rings (SSSR count). The van der Waals surface area contributed by atoms with E-state index in [0.29, 0.717) is 22.5 Å². The van der Waals surface area contributed by atoms with Gasteiger partial charge < -0.3 is 14.6 Å². The van der Waals surface area contributed by atoms with Gasteiger partial charge in [0.2, 0.25) is 5.91 Å². The molecule has 0 saturated carbocycles. The van der Waals surface area contributed by atoms with Crippen molar-refractivity contribution in [1.82, 2.24) is 4.57 Å². The smallest absolute Gasteiger partial charge is 0.341 e. The van der Waals surface area contributed by atoms with Crippen LogP contribution in [-0.2, 0) is 16.1 Å². The lowest BCUT2D eigenvalue weighted by molar-refractivity contribution is -0.116. The zero-order chi connectivity index (χ0) is 17.0. The number of ether oxygens (including phenoxy) is 1. The Morgan fingerprint density at radius 2 is 2.13 bits per heavy atom. The number of thiophene rings is 1. The van der Waals surface area contributed by atoms with E-state index in [1.54, 1.807) is 29.8 Å². The highest BCUT2D eigenvalue weighted by atomic mass is 32.1. The van der Waals surface area contributed by atoms with Crippen LogP contribution in [0, 0.1) is 13.8 Å². The van der Waals surface area contributed by atoms with Crippen LogP contribution in [0.2, 0.25) is 0 Å². The van der Waals surface area contributed by atoms with E-state index >= 15 is 0 Å². The van der Waals surface area contributed by atoms with Crippen LogP contribution >= 0.6 is 11.3 Å². The van der Waals surface area contributed by atoms with E-state index in [4.69, 9.17) is 4.74 Å². The Balaban J connectivity index is 2.19. The molecular formula is C16H18N2O4S. The average molecular weight is 334 g/mol. The van der Waals surface area contributed by atoms with Gasteiger partial charge in [-0.2, -0.15) is 0 Å². The number of nitrogens with zero attached hydrogens (tertiary/aromatic N) is 1. The van der Waals surface area contributed by atoms with Gasteiger partial charge in [-0.1, -0.05) is 0 Å². The normalized spacial score (nSPS) is 10.4. The monoisotopic (exact) mass is 334 g/mol. The Morgan fingerprint density at radius 1 is 1.39 bits per heavy atom. The zero-order valence-electron chi connectivity index (χ0n) is 13.2. The lowest BCUT2D eigenvalue weighted by atomic mass is 10.1. The maximum Gasteiger partial charge on any atom is 0.341 e. The number of hydrogen-bond acceptors (Lipinski definition) is 5. The summed E-state index contributed by atoms with van der Waals surface area (Å²) in [7, 11) is 0. The number of aldehydes is 1. The summed E-state index contributed by atoms with van der Waals surface area (Å²) in [4.78, 5) is 36.1. The van der Waals surface area contributed by atoms with Gasteiger partial charge in [0.25, 0.3) is 0 Å². The summed E-state index contributed by atoms with van der Waals surface area (Å²) in [6.45, 7) is 5.71. The van der Waals surface area contributed by atoms with Crippen LogP contribution < -0.4 is 5.32 Å². The van der Waals surface area contributed by atoms with E-state index in [0.717, 1.165) is 10.4 Å². The summed E-state index contributed by atoms with van der Waals surface area (Å²) in [5, 5.41) is 3.22. The lowest BCUT2D eigenvalue weighted by Gasteiger charge is -2.08. The second-order valence-corrected chi connectivity index (χ2v) is 6.16. The average Bonchev–Trinajstić information content (AvgIpc) is 3.04. The number of carbonyl (C=O) groups is 3. The third-order valence-electron chi connectivity index (χ3n) is 3.42. The van der Waals surface area contributed by atoms with E-state index in [1.807, 2.05) is 13.8 Å². The van der Waals surface area contributed by atoms with E-state index < -0.39 is 5.97 Å². The van der Waals surface area contributed by atoms with E-state index in [1.165, 1.54) is 11.3 Å². The minimum Gasteiger partial charge on any atom is -0.462 e. The third kappa shape index (κ3) is 3.68. The highest BCUT2D eigenvalue weighted by Crippen LogP contribution is 2.33. The van der Waals surface area contributed by atoms with Crippen molar-refractivity contribution in [3.05, 3.63) is 40.0 Å². The Hall–Kier alpha value is -2.41. The van der Waals surface area contributed by atoms with Crippen molar-refractivity contribution in [2.75, 3.05) is 11.9 Å². The van der Waals surface area contributed by atoms with Crippen molar-refractivity contribution in [3.8, 4) is 0 Å². The quantitative estimate of drug-likeness (QED) is 0.651. The number of nitrogens with one attached hydrogen (secondary N) is 1. The predicted molar refractivity (Wildman–Crippen MR) is 88.2 cm³/mol. The maximum absolute atomic E-state index is 12.2. The van der Waals surface area contributed by atoms with Crippen molar-refractivity contribution in [2.24, 2.45) is 0 Å². The minimum atomic E-state index is -0.445. The number of esters is 1.